The Balaban J connectivity index is 1.62. The first-order valence-corrected chi connectivity index (χ1v) is 8.15. The third kappa shape index (κ3) is 2.83. The lowest BCUT2D eigenvalue weighted by atomic mass is 9.68. The van der Waals surface area contributed by atoms with E-state index in [1.807, 2.05) is 13.1 Å². The minimum absolute atomic E-state index is 0.0240. The third-order valence-electron chi connectivity index (χ3n) is 5.34. The first-order valence-electron chi connectivity index (χ1n) is 8.15. The van der Waals surface area contributed by atoms with Crippen LogP contribution in [0.5, 0.6) is 0 Å². The Labute approximate surface area is 122 Å². The summed E-state index contributed by atoms with van der Waals surface area (Å²) in [6, 6.07) is 4.28. The third-order valence-corrected chi connectivity index (χ3v) is 5.34. The molecular formula is C17H27N3. The monoisotopic (exact) mass is 273 g/mol. The van der Waals surface area contributed by atoms with E-state index in [0.29, 0.717) is 5.41 Å². The van der Waals surface area contributed by atoms with E-state index >= 15 is 0 Å². The Kier molecular flexibility index (Phi) is 3.97. The van der Waals surface area contributed by atoms with Gasteiger partial charge in [0.1, 0.15) is 0 Å². The van der Waals surface area contributed by atoms with E-state index in [1.165, 1.54) is 63.7 Å². The van der Waals surface area contributed by atoms with Crippen molar-refractivity contribution in [1.82, 2.24) is 4.98 Å². The largest absolute Gasteiger partial charge is 0.370 e. The lowest BCUT2D eigenvalue weighted by molar-refractivity contribution is 0.144. The zero-order chi connectivity index (χ0) is 14.0. The van der Waals surface area contributed by atoms with E-state index in [2.05, 4.69) is 22.0 Å². The fourth-order valence-corrected chi connectivity index (χ4v) is 3.89. The molecule has 2 aliphatic rings. The molecule has 2 N–H and O–H groups in total. The minimum atomic E-state index is 0.0240. The summed E-state index contributed by atoms with van der Waals surface area (Å²) in [7, 11) is 0. The van der Waals surface area contributed by atoms with Crippen molar-refractivity contribution in [2.75, 3.05) is 18.0 Å². The molecule has 0 aromatic carbocycles. The number of nitrogens with two attached hydrogens (primary N) is 1. The molecule has 20 heavy (non-hydrogen) atoms. The molecule has 3 nitrogen and oxygen atoms in total. The van der Waals surface area contributed by atoms with Crippen molar-refractivity contribution in [3.8, 4) is 0 Å². The van der Waals surface area contributed by atoms with Crippen LogP contribution in [0.4, 0.5) is 5.69 Å². The van der Waals surface area contributed by atoms with Gasteiger partial charge in [0.15, 0.2) is 0 Å². The highest BCUT2D eigenvalue weighted by Gasteiger charge is 2.35. The van der Waals surface area contributed by atoms with Gasteiger partial charge in [0, 0.05) is 19.1 Å². The topological polar surface area (TPSA) is 42.1 Å². The van der Waals surface area contributed by atoms with Gasteiger partial charge in [-0.3, -0.25) is 4.98 Å². The van der Waals surface area contributed by atoms with Crippen LogP contribution < -0.4 is 10.6 Å². The van der Waals surface area contributed by atoms with Crippen LogP contribution in [0.3, 0.4) is 0 Å². The average Bonchev–Trinajstić information content (AvgIpc) is 2.49. The van der Waals surface area contributed by atoms with Crippen LogP contribution >= 0.6 is 0 Å². The molecule has 1 atom stereocenters. The second-order valence-corrected chi connectivity index (χ2v) is 6.78. The number of piperidine rings is 1. The highest BCUT2D eigenvalue weighted by Crippen LogP contribution is 2.45. The molecule has 0 unspecified atom stereocenters. The van der Waals surface area contributed by atoms with Gasteiger partial charge >= 0.3 is 0 Å². The molecule has 1 aromatic heterocycles. The normalized spacial score (nSPS) is 23.8. The molecule has 2 fully saturated rings. The molecule has 0 bridgehead atoms. The summed E-state index contributed by atoms with van der Waals surface area (Å²) in [4.78, 5) is 6.99. The van der Waals surface area contributed by atoms with Gasteiger partial charge in [-0.2, -0.15) is 0 Å². The van der Waals surface area contributed by atoms with E-state index < -0.39 is 0 Å². The lowest BCUT2D eigenvalue weighted by Gasteiger charge is -2.45. The van der Waals surface area contributed by atoms with Gasteiger partial charge in [-0.05, 0) is 50.2 Å². The first kappa shape index (κ1) is 13.9. The summed E-state index contributed by atoms with van der Waals surface area (Å²) in [5.74, 6) is 0. The number of anilines is 1. The summed E-state index contributed by atoms with van der Waals surface area (Å²) >= 11 is 0. The Morgan fingerprint density at radius 1 is 1.10 bits per heavy atom. The standard InChI is InChI=1S/C17H27N3/c1-14(18)16-6-5-15(13-19-16)20-11-9-17(10-12-20)7-3-2-4-8-17/h5-6,13-14H,2-4,7-12,18H2,1H3/t14-/m1/s1. The van der Waals surface area contributed by atoms with Gasteiger partial charge in [-0.25, -0.2) is 0 Å². The number of nitrogens with zero attached hydrogens (tertiary/aromatic N) is 2. The molecular weight excluding hydrogens is 246 g/mol. The van der Waals surface area contributed by atoms with E-state index in [0.717, 1.165) is 5.69 Å². The highest BCUT2D eigenvalue weighted by atomic mass is 15.1. The van der Waals surface area contributed by atoms with Crippen LogP contribution in [0.25, 0.3) is 0 Å². The molecule has 1 aromatic rings. The SMILES string of the molecule is C[C@@H](N)c1ccc(N2CCC3(CCCCC3)CC2)cn1. The smallest absolute Gasteiger partial charge is 0.0569 e. The van der Waals surface area contributed by atoms with E-state index in [9.17, 15) is 0 Å². The van der Waals surface area contributed by atoms with Gasteiger partial charge in [0.2, 0.25) is 0 Å². The number of pyridine rings is 1. The summed E-state index contributed by atoms with van der Waals surface area (Å²) in [6.45, 7) is 4.37. The Hall–Kier alpha value is -1.09. The van der Waals surface area contributed by atoms with Gasteiger partial charge in [0.25, 0.3) is 0 Å². The van der Waals surface area contributed by atoms with Gasteiger partial charge in [-0.1, -0.05) is 19.3 Å². The fourth-order valence-electron chi connectivity index (χ4n) is 3.89. The maximum Gasteiger partial charge on any atom is 0.0569 e. The molecule has 2 heterocycles. The summed E-state index contributed by atoms with van der Waals surface area (Å²) in [5, 5.41) is 0. The Morgan fingerprint density at radius 2 is 1.80 bits per heavy atom. The lowest BCUT2D eigenvalue weighted by Crippen LogP contribution is -2.41. The molecule has 0 amide bonds. The summed E-state index contributed by atoms with van der Waals surface area (Å²) in [6.07, 6.45) is 12.0. The predicted octanol–water partition coefficient (Wildman–Crippen LogP) is 3.65. The number of hydrogen-bond donors (Lipinski definition) is 1. The van der Waals surface area contributed by atoms with Crippen LogP contribution in [0, 0.1) is 5.41 Å². The molecule has 3 rings (SSSR count). The number of hydrogen-bond acceptors (Lipinski definition) is 3. The number of rotatable bonds is 2. The van der Waals surface area contributed by atoms with Crippen molar-refractivity contribution >= 4 is 5.69 Å². The van der Waals surface area contributed by atoms with Gasteiger partial charge in [0.05, 0.1) is 17.6 Å². The second kappa shape index (κ2) is 5.72. The minimum Gasteiger partial charge on any atom is -0.370 e. The van der Waals surface area contributed by atoms with Crippen molar-refractivity contribution in [3.63, 3.8) is 0 Å². The van der Waals surface area contributed by atoms with Gasteiger partial charge < -0.3 is 10.6 Å². The number of aromatic nitrogens is 1. The van der Waals surface area contributed by atoms with Crippen LogP contribution in [0.15, 0.2) is 18.3 Å². The van der Waals surface area contributed by atoms with Crippen molar-refractivity contribution in [1.29, 1.82) is 0 Å². The maximum atomic E-state index is 5.86. The van der Waals surface area contributed by atoms with Crippen LogP contribution in [0.2, 0.25) is 0 Å². The molecule has 1 aliphatic carbocycles. The molecule has 1 saturated heterocycles. The van der Waals surface area contributed by atoms with Crippen molar-refractivity contribution < 1.29 is 0 Å². The molecule has 1 aliphatic heterocycles. The van der Waals surface area contributed by atoms with E-state index in [1.54, 1.807) is 0 Å². The fraction of sp³-hybridized carbons (Fsp3) is 0.706. The maximum absolute atomic E-state index is 5.86. The van der Waals surface area contributed by atoms with Crippen LogP contribution in [0.1, 0.15) is 63.6 Å². The van der Waals surface area contributed by atoms with Gasteiger partial charge in [-0.15, -0.1) is 0 Å². The molecule has 3 heteroatoms. The first-order chi connectivity index (χ1) is 9.69. The Bertz CT molecular complexity index is 422. The molecule has 1 spiro atoms. The zero-order valence-electron chi connectivity index (χ0n) is 12.6. The quantitative estimate of drug-likeness (QED) is 0.894. The summed E-state index contributed by atoms with van der Waals surface area (Å²) in [5.41, 5.74) is 8.78. The Morgan fingerprint density at radius 3 is 2.35 bits per heavy atom. The summed E-state index contributed by atoms with van der Waals surface area (Å²) < 4.78 is 0. The van der Waals surface area contributed by atoms with E-state index in [-0.39, 0.29) is 6.04 Å². The second-order valence-electron chi connectivity index (χ2n) is 6.78. The average molecular weight is 273 g/mol. The molecule has 1 saturated carbocycles. The van der Waals surface area contributed by atoms with E-state index in [4.69, 9.17) is 5.73 Å². The van der Waals surface area contributed by atoms with Crippen molar-refractivity contribution in [2.24, 2.45) is 11.1 Å². The van der Waals surface area contributed by atoms with Crippen molar-refractivity contribution in [2.45, 2.75) is 57.9 Å². The zero-order valence-corrected chi connectivity index (χ0v) is 12.6. The molecule has 110 valence electrons. The molecule has 0 radical (unpaired) electrons. The van der Waals surface area contributed by atoms with Crippen LogP contribution in [-0.2, 0) is 0 Å². The predicted molar refractivity (Wildman–Crippen MR) is 83.8 cm³/mol. The van der Waals surface area contributed by atoms with Crippen LogP contribution in [-0.4, -0.2) is 18.1 Å². The highest BCUT2D eigenvalue weighted by molar-refractivity contribution is 5.45. The van der Waals surface area contributed by atoms with Crippen molar-refractivity contribution in [3.05, 3.63) is 24.0 Å².